The minimum atomic E-state index is -0.467. The second-order valence-corrected chi connectivity index (χ2v) is 8.22. The van der Waals surface area contributed by atoms with Crippen LogP contribution >= 0.6 is 0 Å². The summed E-state index contributed by atoms with van der Waals surface area (Å²) >= 11 is 0. The summed E-state index contributed by atoms with van der Waals surface area (Å²) in [5, 5.41) is 18.9. The predicted molar refractivity (Wildman–Crippen MR) is 125 cm³/mol. The molecule has 0 saturated heterocycles. The fourth-order valence-corrected chi connectivity index (χ4v) is 4.41. The Labute approximate surface area is 190 Å². The van der Waals surface area contributed by atoms with Crippen molar-refractivity contribution in [2.75, 3.05) is 6.54 Å². The Hall–Kier alpha value is -4.26. The number of fused-ring (bicyclic) bond motifs is 1. The van der Waals surface area contributed by atoms with Crippen molar-refractivity contribution in [2.45, 2.75) is 19.4 Å². The van der Waals surface area contributed by atoms with Crippen LogP contribution < -0.4 is 0 Å². The lowest BCUT2D eigenvalue weighted by Gasteiger charge is -2.26. The molecule has 0 bridgehead atoms. The van der Waals surface area contributed by atoms with Gasteiger partial charge >= 0.3 is 0 Å². The quantitative estimate of drug-likeness (QED) is 0.336. The fraction of sp³-hybridized carbons (Fsp3) is 0.154. The summed E-state index contributed by atoms with van der Waals surface area (Å²) in [6, 6.07) is 24.0. The molecular formula is C26H22N4O3. The van der Waals surface area contributed by atoms with Gasteiger partial charge in [0, 0.05) is 29.8 Å². The van der Waals surface area contributed by atoms with Gasteiger partial charge in [0.15, 0.2) is 0 Å². The topological polar surface area (TPSA) is 92.1 Å². The average molecular weight is 438 g/mol. The molecule has 1 amide bonds. The van der Waals surface area contributed by atoms with Gasteiger partial charge in [-0.25, -0.2) is 0 Å². The van der Waals surface area contributed by atoms with E-state index in [-0.39, 0.29) is 11.6 Å². The van der Waals surface area contributed by atoms with Gasteiger partial charge in [0.2, 0.25) is 0 Å². The molecule has 1 aliphatic heterocycles. The largest absolute Gasteiger partial charge is 0.326 e. The lowest BCUT2D eigenvalue weighted by molar-refractivity contribution is -0.384. The number of hydrogen-bond acceptors (Lipinski definition) is 4. The molecule has 1 aliphatic rings. The first kappa shape index (κ1) is 20.6. The first-order valence-corrected chi connectivity index (χ1v) is 10.8. The SMILES string of the molecule is Cc1ccc(-c2n[nH]c3c2C(c2cccc([N+](=O)[O-])c2)N(CCc2ccccc2)C3=O)cc1. The molecule has 1 atom stereocenters. The van der Waals surface area contributed by atoms with Crippen LogP contribution in [-0.2, 0) is 6.42 Å². The lowest BCUT2D eigenvalue weighted by atomic mass is 9.95. The van der Waals surface area contributed by atoms with E-state index in [1.165, 1.54) is 6.07 Å². The minimum absolute atomic E-state index is 0.00297. The van der Waals surface area contributed by atoms with Crippen LogP contribution in [0.4, 0.5) is 5.69 Å². The van der Waals surface area contributed by atoms with Crippen LogP contribution in [0.3, 0.4) is 0 Å². The number of hydrogen-bond donors (Lipinski definition) is 1. The number of benzene rings is 3. The van der Waals surface area contributed by atoms with E-state index in [1.807, 2.05) is 67.6 Å². The molecule has 0 saturated carbocycles. The van der Waals surface area contributed by atoms with Crippen LogP contribution in [0, 0.1) is 17.0 Å². The molecule has 1 unspecified atom stereocenters. The maximum atomic E-state index is 13.4. The van der Waals surface area contributed by atoms with Gasteiger partial charge in [-0.15, -0.1) is 0 Å². The van der Waals surface area contributed by atoms with Crippen molar-refractivity contribution in [1.82, 2.24) is 15.1 Å². The van der Waals surface area contributed by atoms with Crippen LogP contribution in [0.25, 0.3) is 11.3 Å². The van der Waals surface area contributed by atoms with E-state index in [2.05, 4.69) is 10.2 Å². The molecule has 7 heteroatoms. The number of non-ortho nitro benzene ring substituents is 1. The number of nitrogens with zero attached hydrogens (tertiary/aromatic N) is 3. The molecule has 0 fully saturated rings. The number of nitro benzene ring substituents is 1. The van der Waals surface area contributed by atoms with E-state index in [0.717, 1.165) is 22.3 Å². The van der Waals surface area contributed by atoms with E-state index in [1.54, 1.807) is 17.0 Å². The van der Waals surface area contributed by atoms with Gasteiger partial charge in [0.1, 0.15) is 5.69 Å². The van der Waals surface area contributed by atoms with Gasteiger partial charge in [0.25, 0.3) is 11.6 Å². The lowest BCUT2D eigenvalue weighted by Crippen LogP contribution is -2.31. The van der Waals surface area contributed by atoms with Crippen LogP contribution in [0.1, 0.15) is 38.8 Å². The van der Waals surface area contributed by atoms with Gasteiger partial charge in [-0.05, 0) is 24.5 Å². The Morgan fingerprint density at radius 1 is 1.03 bits per heavy atom. The average Bonchev–Trinajstić information content (AvgIpc) is 3.38. The number of aromatic nitrogens is 2. The Morgan fingerprint density at radius 2 is 1.79 bits per heavy atom. The van der Waals surface area contributed by atoms with Crippen molar-refractivity contribution in [3.63, 3.8) is 0 Å². The second kappa shape index (κ2) is 8.35. The summed E-state index contributed by atoms with van der Waals surface area (Å²) in [7, 11) is 0. The van der Waals surface area contributed by atoms with Gasteiger partial charge in [-0.3, -0.25) is 20.0 Å². The van der Waals surface area contributed by atoms with Crippen molar-refractivity contribution < 1.29 is 9.72 Å². The van der Waals surface area contributed by atoms with Gasteiger partial charge in [0.05, 0.1) is 16.7 Å². The van der Waals surface area contributed by atoms with E-state index in [4.69, 9.17) is 0 Å². The highest BCUT2D eigenvalue weighted by molar-refractivity contribution is 6.00. The van der Waals surface area contributed by atoms with Crippen molar-refractivity contribution in [3.05, 3.63) is 117 Å². The van der Waals surface area contributed by atoms with Crippen LogP contribution in [0.5, 0.6) is 0 Å². The monoisotopic (exact) mass is 438 g/mol. The minimum Gasteiger partial charge on any atom is -0.326 e. The number of carbonyl (C=O) groups is 1. The van der Waals surface area contributed by atoms with Crippen molar-refractivity contribution in [2.24, 2.45) is 0 Å². The third-order valence-electron chi connectivity index (χ3n) is 6.07. The summed E-state index contributed by atoms with van der Waals surface area (Å²) in [6.07, 6.45) is 0.676. The summed E-state index contributed by atoms with van der Waals surface area (Å²) in [6.45, 7) is 2.49. The molecule has 5 rings (SSSR count). The third-order valence-corrected chi connectivity index (χ3v) is 6.07. The predicted octanol–water partition coefficient (Wildman–Crippen LogP) is 5.08. The molecule has 164 valence electrons. The number of nitro groups is 1. The Kier molecular flexibility index (Phi) is 5.22. The van der Waals surface area contributed by atoms with E-state index in [0.29, 0.717) is 29.9 Å². The normalized spacial score (nSPS) is 15.0. The van der Waals surface area contributed by atoms with E-state index in [9.17, 15) is 14.9 Å². The molecular weight excluding hydrogens is 416 g/mol. The van der Waals surface area contributed by atoms with Crippen molar-refractivity contribution in [3.8, 4) is 11.3 Å². The van der Waals surface area contributed by atoms with Crippen LogP contribution in [0.2, 0.25) is 0 Å². The Morgan fingerprint density at radius 3 is 2.52 bits per heavy atom. The van der Waals surface area contributed by atoms with Gasteiger partial charge < -0.3 is 4.90 Å². The maximum Gasteiger partial charge on any atom is 0.273 e. The highest BCUT2D eigenvalue weighted by Crippen LogP contribution is 2.43. The number of H-pyrrole nitrogens is 1. The summed E-state index contributed by atoms with van der Waals surface area (Å²) in [5.74, 6) is -0.150. The zero-order valence-electron chi connectivity index (χ0n) is 18.1. The number of rotatable bonds is 6. The van der Waals surface area contributed by atoms with Gasteiger partial charge in [-0.1, -0.05) is 72.3 Å². The molecule has 7 nitrogen and oxygen atoms in total. The number of amides is 1. The first-order chi connectivity index (χ1) is 16.0. The van der Waals surface area contributed by atoms with Crippen LogP contribution in [-0.4, -0.2) is 32.5 Å². The fourth-order valence-electron chi connectivity index (χ4n) is 4.41. The van der Waals surface area contributed by atoms with Crippen molar-refractivity contribution >= 4 is 11.6 Å². The molecule has 1 N–H and O–H groups in total. The van der Waals surface area contributed by atoms with E-state index < -0.39 is 11.0 Å². The number of carbonyl (C=O) groups excluding carboxylic acids is 1. The van der Waals surface area contributed by atoms with E-state index >= 15 is 0 Å². The molecule has 4 aromatic rings. The molecule has 33 heavy (non-hydrogen) atoms. The van der Waals surface area contributed by atoms with Crippen LogP contribution in [0.15, 0.2) is 78.9 Å². The summed E-state index contributed by atoms with van der Waals surface area (Å²) in [4.78, 5) is 26.3. The second-order valence-electron chi connectivity index (χ2n) is 8.22. The highest BCUT2D eigenvalue weighted by atomic mass is 16.6. The van der Waals surface area contributed by atoms with Crippen molar-refractivity contribution in [1.29, 1.82) is 0 Å². The Bertz CT molecular complexity index is 1330. The number of aromatic amines is 1. The molecule has 0 spiro atoms. The number of aryl methyl sites for hydroxylation is 1. The summed E-state index contributed by atoms with van der Waals surface area (Å²) in [5.41, 5.74) is 5.73. The Balaban J connectivity index is 1.60. The number of nitrogens with one attached hydrogen (secondary N) is 1. The zero-order chi connectivity index (χ0) is 22.9. The smallest absolute Gasteiger partial charge is 0.273 e. The molecule has 0 radical (unpaired) electrons. The highest BCUT2D eigenvalue weighted by Gasteiger charge is 2.42. The third kappa shape index (κ3) is 3.78. The molecule has 1 aromatic heterocycles. The zero-order valence-corrected chi connectivity index (χ0v) is 18.1. The molecule has 3 aromatic carbocycles. The standard InChI is InChI=1S/C26H22N4O3/c1-17-10-12-19(13-11-17)23-22-24(28-27-23)26(31)29(15-14-18-6-3-2-4-7-18)25(22)20-8-5-9-21(16-20)30(32)33/h2-13,16,25H,14-15H2,1H3,(H,27,28). The molecule has 2 heterocycles. The molecule has 0 aliphatic carbocycles. The van der Waals surface area contributed by atoms with Gasteiger partial charge in [-0.2, -0.15) is 5.10 Å². The first-order valence-electron chi connectivity index (χ1n) is 10.8. The summed E-state index contributed by atoms with van der Waals surface area (Å²) < 4.78 is 0. The maximum absolute atomic E-state index is 13.4.